The van der Waals surface area contributed by atoms with Crippen molar-refractivity contribution in [1.82, 2.24) is 19.7 Å². The van der Waals surface area contributed by atoms with Crippen molar-refractivity contribution in [2.75, 3.05) is 29.1 Å². The molecule has 8 heteroatoms. The summed E-state index contributed by atoms with van der Waals surface area (Å²) in [5.41, 5.74) is 2.56. The summed E-state index contributed by atoms with van der Waals surface area (Å²) in [6.07, 6.45) is 7.72. The fourth-order valence-corrected chi connectivity index (χ4v) is 3.03. The lowest BCUT2D eigenvalue weighted by Crippen LogP contribution is -2.36. The van der Waals surface area contributed by atoms with Crippen LogP contribution >= 0.6 is 0 Å². The van der Waals surface area contributed by atoms with Gasteiger partial charge in [-0.2, -0.15) is 10.1 Å². The number of hydrogen-bond acceptors (Lipinski definition) is 6. The number of aryl methyl sites for hydroxylation is 1. The van der Waals surface area contributed by atoms with Crippen LogP contribution in [0, 0.1) is 6.92 Å². The molecule has 0 saturated heterocycles. The monoisotopic (exact) mass is 327 g/mol. The molecule has 2 aliphatic rings. The number of aromatic nitrogens is 4. The molecule has 1 aliphatic carbocycles. The normalized spacial score (nSPS) is 17.2. The van der Waals surface area contributed by atoms with Crippen LogP contribution in [0.2, 0.25) is 0 Å². The van der Waals surface area contributed by atoms with Crippen molar-refractivity contribution < 1.29 is 4.79 Å². The molecule has 1 aliphatic heterocycles. The molecule has 1 fully saturated rings. The van der Waals surface area contributed by atoms with E-state index in [1.54, 1.807) is 0 Å². The van der Waals surface area contributed by atoms with Gasteiger partial charge in [-0.05, 0) is 26.2 Å². The van der Waals surface area contributed by atoms with Crippen molar-refractivity contribution in [3.8, 4) is 0 Å². The van der Waals surface area contributed by atoms with E-state index in [-0.39, 0.29) is 5.91 Å². The Morgan fingerprint density at radius 1 is 1.38 bits per heavy atom. The van der Waals surface area contributed by atoms with E-state index in [9.17, 15) is 4.79 Å². The van der Waals surface area contributed by atoms with Gasteiger partial charge in [0.25, 0.3) is 0 Å². The summed E-state index contributed by atoms with van der Waals surface area (Å²) in [5, 5.41) is 10.5. The fraction of sp³-hybridized carbons (Fsp3) is 0.500. The van der Waals surface area contributed by atoms with Crippen LogP contribution in [0.25, 0.3) is 0 Å². The maximum absolute atomic E-state index is 11.6. The minimum absolute atomic E-state index is 0.0409. The molecule has 0 atom stereocenters. The topological polar surface area (TPSA) is 88.0 Å². The Bertz CT molecular complexity index is 781. The number of nitrogens with one attached hydrogen (secondary N) is 2. The van der Waals surface area contributed by atoms with Crippen LogP contribution in [0.3, 0.4) is 0 Å². The van der Waals surface area contributed by atoms with Crippen molar-refractivity contribution in [3.63, 3.8) is 0 Å². The minimum atomic E-state index is -0.0409. The van der Waals surface area contributed by atoms with Crippen molar-refractivity contribution >= 4 is 23.4 Å². The summed E-state index contributed by atoms with van der Waals surface area (Å²) in [5.74, 6) is 1.27. The average molecular weight is 327 g/mol. The van der Waals surface area contributed by atoms with Gasteiger partial charge in [0, 0.05) is 25.4 Å². The van der Waals surface area contributed by atoms with E-state index in [4.69, 9.17) is 0 Å². The van der Waals surface area contributed by atoms with Crippen molar-refractivity contribution in [2.24, 2.45) is 0 Å². The predicted molar refractivity (Wildman–Crippen MR) is 91.1 cm³/mol. The zero-order valence-corrected chi connectivity index (χ0v) is 13.9. The van der Waals surface area contributed by atoms with Crippen LogP contribution in [0.5, 0.6) is 0 Å². The van der Waals surface area contributed by atoms with Crippen LogP contribution in [-0.2, 0) is 11.3 Å². The maximum Gasteiger partial charge on any atom is 0.244 e. The summed E-state index contributed by atoms with van der Waals surface area (Å²) < 4.78 is 2.06. The number of anilines is 3. The van der Waals surface area contributed by atoms with E-state index in [0.717, 1.165) is 17.1 Å². The molecule has 1 saturated carbocycles. The molecule has 0 bridgehead atoms. The first-order valence-corrected chi connectivity index (χ1v) is 8.26. The number of likely N-dealkylation sites (N-methyl/N-ethyl adjacent to an activating group) is 1. The average Bonchev–Trinajstić information content (AvgIpc) is 2.93. The molecule has 0 aromatic carbocycles. The largest absolute Gasteiger partial charge is 0.350 e. The smallest absolute Gasteiger partial charge is 0.244 e. The van der Waals surface area contributed by atoms with E-state index in [1.807, 2.05) is 25.1 Å². The summed E-state index contributed by atoms with van der Waals surface area (Å²) in [4.78, 5) is 22.5. The maximum atomic E-state index is 11.6. The molecule has 3 heterocycles. The lowest BCUT2D eigenvalue weighted by atomic mass is 9.93. The molecule has 8 nitrogen and oxygen atoms in total. The number of rotatable bonds is 4. The van der Waals surface area contributed by atoms with Crippen LogP contribution in [0.1, 0.15) is 36.6 Å². The first-order chi connectivity index (χ1) is 11.6. The molecule has 2 N–H and O–H groups in total. The highest BCUT2D eigenvalue weighted by Crippen LogP contribution is 2.31. The molecular weight excluding hydrogens is 306 g/mol. The van der Waals surface area contributed by atoms with E-state index in [1.165, 1.54) is 19.3 Å². The van der Waals surface area contributed by atoms with E-state index < -0.39 is 0 Å². The predicted octanol–water partition coefficient (Wildman–Crippen LogP) is 1.71. The summed E-state index contributed by atoms with van der Waals surface area (Å²) in [7, 11) is 1.86. The SMILES string of the molecule is Cc1nc(NCc2cnn(C3CCC3)c2)nc2c1NC(=O)CN2C. The molecule has 0 spiro atoms. The summed E-state index contributed by atoms with van der Waals surface area (Å²) in [6, 6.07) is 0.568. The third-order valence-corrected chi connectivity index (χ3v) is 4.63. The quantitative estimate of drug-likeness (QED) is 0.889. The Hall–Kier alpha value is -2.64. The zero-order chi connectivity index (χ0) is 16.7. The number of amides is 1. The molecule has 24 heavy (non-hydrogen) atoms. The number of nitrogens with zero attached hydrogens (tertiary/aromatic N) is 5. The standard InChI is InChI=1S/C16H21N7O/c1-10-14-15(22(2)9-13(24)20-14)21-16(19-10)17-6-11-7-18-23(8-11)12-4-3-5-12/h7-8,12H,3-6,9H2,1-2H3,(H,20,24)(H,17,19,21). The second kappa shape index (κ2) is 5.77. The first kappa shape index (κ1) is 14.9. The second-order valence-electron chi connectivity index (χ2n) is 6.50. The molecule has 2 aromatic rings. The number of carbonyl (C=O) groups is 1. The van der Waals surface area contributed by atoms with Gasteiger partial charge in [0.2, 0.25) is 11.9 Å². The first-order valence-electron chi connectivity index (χ1n) is 8.26. The minimum Gasteiger partial charge on any atom is -0.350 e. The van der Waals surface area contributed by atoms with Crippen molar-refractivity contribution in [1.29, 1.82) is 0 Å². The Morgan fingerprint density at radius 3 is 2.96 bits per heavy atom. The highest BCUT2D eigenvalue weighted by molar-refractivity contribution is 6.00. The van der Waals surface area contributed by atoms with Gasteiger partial charge < -0.3 is 15.5 Å². The van der Waals surface area contributed by atoms with Crippen molar-refractivity contribution in [2.45, 2.75) is 38.8 Å². The van der Waals surface area contributed by atoms with Gasteiger partial charge in [-0.25, -0.2) is 4.98 Å². The van der Waals surface area contributed by atoms with Crippen LogP contribution in [0.15, 0.2) is 12.4 Å². The van der Waals surface area contributed by atoms with Gasteiger partial charge in [0.1, 0.15) is 5.69 Å². The van der Waals surface area contributed by atoms with Gasteiger partial charge >= 0.3 is 0 Å². The molecule has 0 radical (unpaired) electrons. The molecule has 126 valence electrons. The Labute approximate surface area is 140 Å². The van der Waals surface area contributed by atoms with Crippen LogP contribution < -0.4 is 15.5 Å². The van der Waals surface area contributed by atoms with Gasteiger partial charge in [-0.15, -0.1) is 0 Å². The Balaban J connectivity index is 1.48. The summed E-state index contributed by atoms with van der Waals surface area (Å²) >= 11 is 0. The lowest BCUT2D eigenvalue weighted by molar-refractivity contribution is -0.115. The van der Waals surface area contributed by atoms with Crippen LogP contribution in [0.4, 0.5) is 17.5 Å². The van der Waals surface area contributed by atoms with Gasteiger partial charge in [0.15, 0.2) is 5.82 Å². The molecular formula is C16H21N7O. The Kier molecular flexibility index (Phi) is 3.59. The van der Waals surface area contributed by atoms with Gasteiger partial charge in [-0.3, -0.25) is 9.48 Å². The third-order valence-electron chi connectivity index (χ3n) is 4.63. The number of hydrogen-bond donors (Lipinski definition) is 2. The van der Waals surface area contributed by atoms with Crippen molar-refractivity contribution in [3.05, 3.63) is 23.7 Å². The lowest BCUT2D eigenvalue weighted by Gasteiger charge is -2.27. The van der Waals surface area contributed by atoms with E-state index in [2.05, 4.69) is 36.6 Å². The highest BCUT2D eigenvalue weighted by atomic mass is 16.2. The fourth-order valence-electron chi connectivity index (χ4n) is 3.03. The molecule has 0 unspecified atom stereocenters. The molecule has 4 rings (SSSR count). The van der Waals surface area contributed by atoms with E-state index in [0.29, 0.717) is 30.8 Å². The number of carbonyl (C=O) groups excluding carboxylic acids is 1. The summed E-state index contributed by atoms with van der Waals surface area (Å²) in [6.45, 7) is 2.80. The van der Waals surface area contributed by atoms with E-state index >= 15 is 0 Å². The zero-order valence-electron chi connectivity index (χ0n) is 13.9. The Morgan fingerprint density at radius 2 is 2.21 bits per heavy atom. The van der Waals surface area contributed by atoms with Crippen LogP contribution in [-0.4, -0.2) is 39.2 Å². The second-order valence-corrected chi connectivity index (χ2v) is 6.50. The third kappa shape index (κ3) is 2.68. The van der Waals surface area contributed by atoms with Gasteiger partial charge in [-0.1, -0.05) is 0 Å². The van der Waals surface area contributed by atoms with Gasteiger partial charge in [0.05, 0.1) is 24.5 Å². The number of fused-ring (bicyclic) bond motifs is 1. The molecule has 2 aromatic heterocycles. The highest BCUT2D eigenvalue weighted by Gasteiger charge is 2.24. The molecule has 1 amide bonds.